The molecular weight excluding hydrogens is 288 g/mol. The maximum absolute atomic E-state index is 12.3. The van der Waals surface area contributed by atoms with Crippen LogP contribution in [0.15, 0.2) is 35.5 Å². The summed E-state index contributed by atoms with van der Waals surface area (Å²) in [7, 11) is -3.62. The number of nitrogens with zero attached hydrogens (tertiary/aromatic N) is 2. The third-order valence-electron chi connectivity index (χ3n) is 3.14. The van der Waals surface area contributed by atoms with Crippen molar-refractivity contribution in [3.8, 4) is 0 Å². The Labute approximate surface area is 125 Å². The van der Waals surface area contributed by atoms with Gasteiger partial charge in [-0.15, -0.1) is 0 Å². The molecular formula is C14H20N4O2S. The summed E-state index contributed by atoms with van der Waals surface area (Å²) >= 11 is 0. The van der Waals surface area contributed by atoms with E-state index in [1.165, 1.54) is 12.4 Å². The lowest BCUT2D eigenvalue weighted by Gasteiger charge is -2.09. The zero-order valence-corrected chi connectivity index (χ0v) is 13.0. The van der Waals surface area contributed by atoms with Crippen LogP contribution in [0.2, 0.25) is 0 Å². The highest BCUT2D eigenvalue weighted by Crippen LogP contribution is 2.20. The van der Waals surface area contributed by atoms with Crippen LogP contribution in [0.3, 0.4) is 0 Å². The smallest absolute Gasteiger partial charge is 0.265 e. The number of sulfonamides is 1. The largest absolute Gasteiger partial charge is 0.330 e. The van der Waals surface area contributed by atoms with Gasteiger partial charge in [-0.05, 0) is 38.4 Å². The molecule has 2 rings (SSSR count). The molecule has 0 amide bonds. The van der Waals surface area contributed by atoms with Gasteiger partial charge in [0.15, 0.2) is 0 Å². The third kappa shape index (κ3) is 3.83. The standard InChI is InChI=1S/C14H20N4O2S/c1-11-4-5-14(12(2)8-11)17-21(19,20)13-9-16-18(10-13)7-3-6-15/h4-5,8-10,17H,3,6-7,15H2,1-2H3. The molecule has 2 aromatic rings. The van der Waals surface area contributed by atoms with E-state index in [1.54, 1.807) is 10.7 Å². The van der Waals surface area contributed by atoms with Gasteiger partial charge in [0.25, 0.3) is 10.0 Å². The lowest BCUT2D eigenvalue weighted by molar-refractivity contribution is 0.582. The Bertz CT molecular complexity index is 722. The molecule has 0 saturated carbocycles. The Kier molecular flexibility index (Phi) is 4.64. The number of benzene rings is 1. The first-order valence-electron chi connectivity index (χ1n) is 6.75. The second-order valence-corrected chi connectivity index (χ2v) is 6.69. The number of anilines is 1. The summed E-state index contributed by atoms with van der Waals surface area (Å²) < 4.78 is 28.9. The Morgan fingerprint density at radius 3 is 2.76 bits per heavy atom. The second-order valence-electron chi connectivity index (χ2n) is 5.01. The van der Waals surface area contributed by atoms with Gasteiger partial charge < -0.3 is 5.73 Å². The van der Waals surface area contributed by atoms with Gasteiger partial charge in [-0.1, -0.05) is 17.7 Å². The summed E-state index contributed by atoms with van der Waals surface area (Å²) in [6.07, 6.45) is 3.62. The van der Waals surface area contributed by atoms with Crippen LogP contribution in [-0.4, -0.2) is 24.7 Å². The van der Waals surface area contributed by atoms with Gasteiger partial charge in [-0.2, -0.15) is 5.10 Å². The molecule has 1 aromatic carbocycles. The predicted molar refractivity (Wildman–Crippen MR) is 82.6 cm³/mol. The summed E-state index contributed by atoms with van der Waals surface area (Å²) in [6, 6.07) is 5.57. The van der Waals surface area contributed by atoms with E-state index in [4.69, 9.17) is 5.73 Å². The van der Waals surface area contributed by atoms with Crippen LogP contribution in [0, 0.1) is 13.8 Å². The summed E-state index contributed by atoms with van der Waals surface area (Å²) in [5.74, 6) is 0. The SMILES string of the molecule is Cc1ccc(NS(=O)(=O)c2cnn(CCCN)c2)c(C)c1. The molecule has 114 valence electrons. The zero-order chi connectivity index (χ0) is 15.5. The van der Waals surface area contributed by atoms with Crippen molar-refractivity contribution in [3.63, 3.8) is 0 Å². The fourth-order valence-electron chi connectivity index (χ4n) is 1.99. The highest BCUT2D eigenvalue weighted by Gasteiger charge is 2.17. The van der Waals surface area contributed by atoms with E-state index < -0.39 is 10.0 Å². The zero-order valence-electron chi connectivity index (χ0n) is 12.2. The van der Waals surface area contributed by atoms with Gasteiger partial charge in [0.05, 0.1) is 11.9 Å². The van der Waals surface area contributed by atoms with Gasteiger partial charge in [0.2, 0.25) is 0 Å². The van der Waals surface area contributed by atoms with Crippen molar-refractivity contribution in [2.75, 3.05) is 11.3 Å². The van der Waals surface area contributed by atoms with Crippen LogP contribution in [0.4, 0.5) is 5.69 Å². The molecule has 0 aliphatic rings. The quantitative estimate of drug-likeness (QED) is 0.849. The molecule has 0 radical (unpaired) electrons. The number of nitrogens with one attached hydrogen (secondary N) is 1. The fraction of sp³-hybridized carbons (Fsp3) is 0.357. The molecule has 0 atom stereocenters. The molecule has 0 spiro atoms. The molecule has 0 saturated heterocycles. The molecule has 6 nitrogen and oxygen atoms in total. The number of aromatic nitrogens is 2. The van der Waals surface area contributed by atoms with Gasteiger partial charge in [0.1, 0.15) is 4.90 Å². The molecule has 0 fully saturated rings. The minimum Gasteiger partial charge on any atom is -0.330 e. The van der Waals surface area contributed by atoms with Crippen LogP contribution in [-0.2, 0) is 16.6 Å². The lowest BCUT2D eigenvalue weighted by Crippen LogP contribution is -2.13. The highest BCUT2D eigenvalue weighted by atomic mass is 32.2. The van der Waals surface area contributed by atoms with Crippen molar-refractivity contribution in [2.24, 2.45) is 5.73 Å². The Morgan fingerprint density at radius 1 is 1.33 bits per heavy atom. The monoisotopic (exact) mass is 308 g/mol. The van der Waals surface area contributed by atoms with E-state index in [0.717, 1.165) is 17.5 Å². The van der Waals surface area contributed by atoms with Crippen LogP contribution in [0.25, 0.3) is 0 Å². The van der Waals surface area contributed by atoms with E-state index in [1.807, 2.05) is 26.0 Å². The topological polar surface area (TPSA) is 90.0 Å². The number of aryl methyl sites for hydroxylation is 3. The van der Waals surface area contributed by atoms with Gasteiger partial charge in [-0.3, -0.25) is 9.40 Å². The van der Waals surface area contributed by atoms with Gasteiger partial charge in [-0.25, -0.2) is 8.42 Å². The highest BCUT2D eigenvalue weighted by molar-refractivity contribution is 7.92. The fourth-order valence-corrected chi connectivity index (χ4v) is 3.07. The van der Waals surface area contributed by atoms with Gasteiger partial charge in [0, 0.05) is 12.7 Å². The van der Waals surface area contributed by atoms with E-state index in [-0.39, 0.29) is 4.90 Å². The maximum Gasteiger partial charge on any atom is 0.265 e. The van der Waals surface area contributed by atoms with E-state index in [2.05, 4.69) is 9.82 Å². The molecule has 0 bridgehead atoms. The average molecular weight is 308 g/mol. The predicted octanol–water partition coefficient (Wildman–Crippen LogP) is 1.65. The second kappa shape index (κ2) is 6.28. The average Bonchev–Trinajstić information content (AvgIpc) is 2.89. The molecule has 0 aliphatic carbocycles. The van der Waals surface area contributed by atoms with E-state index >= 15 is 0 Å². The molecule has 7 heteroatoms. The minimum atomic E-state index is -3.62. The summed E-state index contributed by atoms with van der Waals surface area (Å²) in [4.78, 5) is 0.152. The molecule has 0 unspecified atom stereocenters. The third-order valence-corrected chi connectivity index (χ3v) is 4.46. The minimum absolute atomic E-state index is 0.152. The number of nitrogens with two attached hydrogens (primary N) is 1. The first kappa shape index (κ1) is 15.5. The van der Waals surface area contributed by atoms with Crippen molar-refractivity contribution in [3.05, 3.63) is 41.7 Å². The van der Waals surface area contributed by atoms with E-state index in [0.29, 0.717) is 18.8 Å². The Balaban J connectivity index is 2.19. The summed E-state index contributed by atoms with van der Waals surface area (Å²) in [5, 5.41) is 4.04. The first-order chi connectivity index (χ1) is 9.92. The number of hydrogen-bond acceptors (Lipinski definition) is 4. The van der Waals surface area contributed by atoms with Crippen molar-refractivity contribution >= 4 is 15.7 Å². The molecule has 21 heavy (non-hydrogen) atoms. The molecule has 1 heterocycles. The normalized spacial score (nSPS) is 11.6. The van der Waals surface area contributed by atoms with Crippen molar-refractivity contribution in [1.82, 2.24) is 9.78 Å². The molecule has 3 N–H and O–H groups in total. The Hall–Kier alpha value is -1.86. The van der Waals surface area contributed by atoms with Crippen LogP contribution in [0.5, 0.6) is 0 Å². The van der Waals surface area contributed by atoms with Crippen molar-refractivity contribution < 1.29 is 8.42 Å². The van der Waals surface area contributed by atoms with Crippen molar-refractivity contribution in [1.29, 1.82) is 0 Å². The Morgan fingerprint density at radius 2 is 2.10 bits per heavy atom. The maximum atomic E-state index is 12.3. The molecule has 0 aliphatic heterocycles. The molecule has 1 aromatic heterocycles. The lowest BCUT2D eigenvalue weighted by atomic mass is 10.1. The van der Waals surface area contributed by atoms with Crippen LogP contribution >= 0.6 is 0 Å². The summed E-state index contributed by atoms with van der Waals surface area (Å²) in [5.41, 5.74) is 7.98. The van der Waals surface area contributed by atoms with Crippen LogP contribution in [0.1, 0.15) is 17.5 Å². The number of rotatable bonds is 6. The van der Waals surface area contributed by atoms with Crippen molar-refractivity contribution in [2.45, 2.75) is 31.7 Å². The summed E-state index contributed by atoms with van der Waals surface area (Å²) in [6.45, 7) is 4.99. The number of hydrogen-bond donors (Lipinski definition) is 2. The first-order valence-corrected chi connectivity index (χ1v) is 8.23. The van der Waals surface area contributed by atoms with Crippen LogP contribution < -0.4 is 10.5 Å². The van der Waals surface area contributed by atoms with E-state index in [9.17, 15) is 8.42 Å². The van der Waals surface area contributed by atoms with Gasteiger partial charge >= 0.3 is 0 Å².